The minimum Gasteiger partial charge on any atom is -0.486 e. The Morgan fingerprint density at radius 3 is 2.64 bits per heavy atom. The highest BCUT2D eigenvalue weighted by Gasteiger charge is 2.29. The molecule has 1 aromatic heterocycles. The summed E-state index contributed by atoms with van der Waals surface area (Å²) in [5, 5.41) is 13.8. The highest BCUT2D eigenvalue weighted by Crippen LogP contribution is 2.37. The lowest BCUT2D eigenvalue weighted by Gasteiger charge is -2.19. The van der Waals surface area contributed by atoms with Gasteiger partial charge in [0.2, 0.25) is 0 Å². The molecule has 0 radical (unpaired) electrons. The number of ether oxygens (including phenoxy) is 3. The molecule has 0 aliphatic carbocycles. The van der Waals surface area contributed by atoms with Crippen LogP contribution >= 0.6 is 11.6 Å². The van der Waals surface area contributed by atoms with Crippen LogP contribution in [0.5, 0.6) is 11.5 Å². The maximum atomic E-state index is 12.4. The summed E-state index contributed by atoms with van der Waals surface area (Å²) in [7, 11) is 0. The van der Waals surface area contributed by atoms with E-state index in [0.717, 1.165) is 12.1 Å². The number of carbonyl (C=O) groups excluding carboxylic acids is 2. The number of aromatic nitrogens is 1. The Bertz CT molecular complexity index is 950. The van der Waals surface area contributed by atoms with E-state index in [1.807, 2.05) is 0 Å². The third kappa shape index (κ3) is 4.12. The highest BCUT2D eigenvalue weighted by atomic mass is 35.5. The summed E-state index contributed by atoms with van der Waals surface area (Å²) in [4.78, 5) is 39.1. The van der Waals surface area contributed by atoms with Crippen molar-refractivity contribution in [1.29, 1.82) is 0 Å². The van der Waals surface area contributed by atoms with Crippen LogP contribution in [0.1, 0.15) is 17.3 Å². The first kappa shape index (κ1) is 19.4. The van der Waals surface area contributed by atoms with Crippen LogP contribution in [-0.2, 0) is 9.53 Å². The first-order valence-electron chi connectivity index (χ1n) is 8.07. The predicted octanol–water partition coefficient (Wildman–Crippen LogP) is 2.60. The van der Waals surface area contributed by atoms with Gasteiger partial charge in [-0.25, -0.2) is 9.78 Å². The molecule has 1 aromatic carbocycles. The average molecular weight is 408 g/mol. The second-order valence-corrected chi connectivity index (χ2v) is 6.01. The van der Waals surface area contributed by atoms with E-state index in [0.29, 0.717) is 0 Å². The lowest BCUT2D eigenvalue weighted by Crippen LogP contribution is -2.30. The van der Waals surface area contributed by atoms with Gasteiger partial charge in [-0.1, -0.05) is 11.6 Å². The SMILES string of the molecule is C[C@H](OC(=O)c1cc2c(cc1[N+](=O)[O-])OCCO2)C(=O)Nc1cccnc1Cl. The van der Waals surface area contributed by atoms with Gasteiger partial charge in [0.1, 0.15) is 18.8 Å². The molecule has 10 nitrogen and oxygen atoms in total. The molecular formula is C17H14ClN3O7. The summed E-state index contributed by atoms with van der Waals surface area (Å²) >= 11 is 5.86. The van der Waals surface area contributed by atoms with Gasteiger partial charge in [0.05, 0.1) is 16.7 Å². The Hall–Kier alpha value is -3.40. The zero-order chi connectivity index (χ0) is 20.3. The quantitative estimate of drug-likeness (QED) is 0.346. The van der Waals surface area contributed by atoms with Crippen LogP contribution in [0.3, 0.4) is 0 Å². The second-order valence-electron chi connectivity index (χ2n) is 5.65. The maximum absolute atomic E-state index is 12.4. The fourth-order valence-electron chi connectivity index (χ4n) is 2.38. The fourth-order valence-corrected chi connectivity index (χ4v) is 2.55. The normalized spacial score (nSPS) is 13.4. The van der Waals surface area contributed by atoms with Crippen molar-refractivity contribution in [2.45, 2.75) is 13.0 Å². The van der Waals surface area contributed by atoms with E-state index in [4.69, 9.17) is 25.8 Å². The van der Waals surface area contributed by atoms with Crippen molar-refractivity contribution >= 4 is 34.9 Å². The number of amides is 1. The van der Waals surface area contributed by atoms with Crippen molar-refractivity contribution in [2.75, 3.05) is 18.5 Å². The Kier molecular flexibility index (Phi) is 5.59. The van der Waals surface area contributed by atoms with Gasteiger partial charge in [-0.15, -0.1) is 0 Å². The zero-order valence-corrected chi connectivity index (χ0v) is 15.3. The molecule has 0 unspecified atom stereocenters. The summed E-state index contributed by atoms with van der Waals surface area (Å²) in [6.07, 6.45) is 0.194. The van der Waals surface area contributed by atoms with Gasteiger partial charge in [-0.3, -0.25) is 14.9 Å². The van der Waals surface area contributed by atoms with Gasteiger partial charge in [0, 0.05) is 12.3 Å². The number of benzene rings is 1. The third-order valence-corrected chi connectivity index (χ3v) is 4.05. The Labute approximate surface area is 163 Å². The summed E-state index contributed by atoms with van der Waals surface area (Å²) in [5.74, 6) is -1.39. The molecule has 2 heterocycles. The highest BCUT2D eigenvalue weighted by molar-refractivity contribution is 6.32. The molecule has 1 aliphatic heterocycles. The minimum atomic E-state index is -1.25. The number of pyridine rings is 1. The van der Waals surface area contributed by atoms with Gasteiger partial charge in [-0.2, -0.15) is 0 Å². The number of nitro benzene ring substituents is 1. The molecule has 0 saturated heterocycles. The van der Waals surface area contributed by atoms with Crippen LogP contribution < -0.4 is 14.8 Å². The Balaban J connectivity index is 1.77. The number of anilines is 1. The number of nitrogens with one attached hydrogen (secondary N) is 1. The standard InChI is InChI=1S/C17H14ClN3O7/c1-9(16(22)20-11-3-2-4-19-15(11)18)28-17(23)10-7-13-14(27-6-5-26-13)8-12(10)21(24)25/h2-4,7-9H,5-6H2,1H3,(H,20,22)/t9-/m0/s1. The molecule has 146 valence electrons. The first-order valence-corrected chi connectivity index (χ1v) is 8.45. The number of fused-ring (bicyclic) bond motifs is 1. The number of halogens is 1. The van der Waals surface area contributed by atoms with Gasteiger partial charge in [0.15, 0.2) is 22.8 Å². The van der Waals surface area contributed by atoms with Crippen LogP contribution in [0.25, 0.3) is 0 Å². The van der Waals surface area contributed by atoms with Crippen molar-refractivity contribution in [1.82, 2.24) is 4.98 Å². The number of esters is 1. The maximum Gasteiger partial charge on any atom is 0.346 e. The van der Waals surface area contributed by atoms with Crippen LogP contribution in [0.4, 0.5) is 11.4 Å². The van der Waals surface area contributed by atoms with Crippen molar-refractivity contribution in [3.8, 4) is 11.5 Å². The van der Waals surface area contributed by atoms with Gasteiger partial charge >= 0.3 is 5.97 Å². The Morgan fingerprint density at radius 2 is 2.00 bits per heavy atom. The number of hydrogen-bond donors (Lipinski definition) is 1. The van der Waals surface area contributed by atoms with Crippen LogP contribution in [0.15, 0.2) is 30.5 Å². The van der Waals surface area contributed by atoms with Crippen LogP contribution in [-0.4, -0.2) is 41.1 Å². The van der Waals surface area contributed by atoms with Gasteiger partial charge < -0.3 is 19.5 Å². The number of nitrogens with zero attached hydrogens (tertiary/aromatic N) is 2. The minimum absolute atomic E-state index is 0.0665. The molecule has 28 heavy (non-hydrogen) atoms. The molecule has 0 spiro atoms. The van der Waals surface area contributed by atoms with E-state index >= 15 is 0 Å². The monoisotopic (exact) mass is 407 g/mol. The van der Waals surface area contributed by atoms with Gasteiger partial charge in [0.25, 0.3) is 11.6 Å². The molecular weight excluding hydrogens is 394 g/mol. The molecule has 0 saturated carbocycles. The number of carbonyl (C=O) groups is 2. The summed E-state index contributed by atoms with van der Waals surface area (Å²) < 4.78 is 15.7. The number of hydrogen-bond acceptors (Lipinski definition) is 8. The first-order chi connectivity index (χ1) is 13.4. The van der Waals surface area contributed by atoms with Crippen molar-refractivity contribution < 1.29 is 28.7 Å². The molecule has 2 aromatic rings. The van der Waals surface area contributed by atoms with E-state index in [1.165, 1.54) is 19.2 Å². The topological polar surface area (TPSA) is 130 Å². The molecule has 1 amide bonds. The fraction of sp³-hybridized carbons (Fsp3) is 0.235. The van der Waals surface area contributed by atoms with Crippen molar-refractivity contribution in [2.24, 2.45) is 0 Å². The predicted molar refractivity (Wildman–Crippen MR) is 96.8 cm³/mol. The Morgan fingerprint density at radius 1 is 1.32 bits per heavy atom. The molecule has 0 fully saturated rings. The van der Waals surface area contributed by atoms with Crippen LogP contribution in [0, 0.1) is 10.1 Å². The average Bonchev–Trinajstić information content (AvgIpc) is 2.68. The van der Waals surface area contributed by atoms with E-state index in [-0.39, 0.29) is 41.1 Å². The second kappa shape index (κ2) is 8.09. The number of rotatable bonds is 5. The molecule has 1 aliphatic rings. The largest absolute Gasteiger partial charge is 0.486 e. The molecule has 3 rings (SSSR count). The summed E-state index contributed by atoms with van der Waals surface area (Å²) in [6, 6.07) is 5.34. The molecule has 0 bridgehead atoms. The molecule has 11 heteroatoms. The summed E-state index contributed by atoms with van der Waals surface area (Å²) in [5.41, 5.74) is -0.632. The van der Waals surface area contributed by atoms with Crippen molar-refractivity contribution in [3.05, 3.63) is 51.3 Å². The molecule has 1 atom stereocenters. The van der Waals surface area contributed by atoms with E-state index in [9.17, 15) is 19.7 Å². The van der Waals surface area contributed by atoms with E-state index < -0.39 is 28.6 Å². The lowest BCUT2D eigenvalue weighted by molar-refractivity contribution is -0.385. The zero-order valence-electron chi connectivity index (χ0n) is 14.5. The smallest absolute Gasteiger partial charge is 0.346 e. The van der Waals surface area contributed by atoms with Gasteiger partial charge in [-0.05, 0) is 19.1 Å². The molecule has 1 N–H and O–H groups in total. The number of nitro groups is 1. The van der Waals surface area contributed by atoms with E-state index in [1.54, 1.807) is 6.07 Å². The summed E-state index contributed by atoms with van der Waals surface area (Å²) in [6.45, 7) is 1.80. The van der Waals surface area contributed by atoms with Crippen molar-refractivity contribution in [3.63, 3.8) is 0 Å². The van der Waals surface area contributed by atoms with E-state index in [2.05, 4.69) is 10.3 Å². The van der Waals surface area contributed by atoms with Crippen LogP contribution in [0.2, 0.25) is 5.15 Å². The lowest BCUT2D eigenvalue weighted by atomic mass is 10.1. The third-order valence-electron chi connectivity index (χ3n) is 3.75.